The van der Waals surface area contributed by atoms with Crippen molar-refractivity contribution in [1.82, 2.24) is 0 Å². The number of halogens is 1. The Morgan fingerprint density at radius 2 is 2.07 bits per heavy atom. The van der Waals surface area contributed by atoms with Gasteiger partial charge in [0.15, 0.2) is 0 Å². The summed E-state index contributed by atoms with van der Waals surface area (Å²) < 4.78 is 0. The van der Waals surface area contributed by atoms with Crippen LogP contribution < -0.4 is 0 Å². The maximum atomic E-state index is 10.8. The number of rotatable bonds is 2. The Morgan fingerprint density at radius 1 is 1.43 bits per heavy atom. The van der Waals surface area contributed by atoms with E-state index in [9.17, 15) is 4.79 Å². The highest BCUT2D eigenvalue weighted by Gasteiger charge is 2.11. The smallest absolute Gasteiger partial charge is 0.337 e. The Balaban J connectivity index is 3.25. The maximum Gasteiger partial charge on any atom is 0.337 e. The first kappa shape index (κ1) is 10.8. The lowest BCUT2D eigenvalue weighted by molar-refractivity contribution is -0.130. The van der Waals surface area contributed by atoms with Crippen molar-refractivity contribution in [2.45, 2.75) is 13.8 Å². The van der Waals surface area contributed by atoms with Crippen molar-refractivity contribution in [3.05, 3.63) is 40.4 Å². The average Bonchev–Trinajstić information content (AvgIpc) is 2.09. The molecule has 0 heterocycles. The van der Waals surface area contributed by atoms with Gasteiger partial charge in [-0.05, 0) is 25.0 Å². The SMILES string of the molecule is Cc1ccc(/C(=C/Cl)C(=O)O)c(C)c1. The molecule has 0 unspecified atom stereocenters. The quantitative estimate of drug-likeness (QED) is 0.762. The molecule has 0 bridgehead atoms. The minimum Gasteiger partial charge on any atom is -0.478 e. The Morgan fingerprint density at radius 3 is 2.50 bits per heavy atom. The number of hydrogen-bond acceptors (Lipinski definition) is 1. The van der Waals surface area contributed by atoms with Crippen molar-refractivity contribution in [1.29, 1.82) is 0 Å². The van der Waals surface area contributed by atoms with E-state index in [0.29, 0.717) is 5.56 Å². The monoisotopic (exact) mass is 210 g/mol. The molecular formula is C11H11ClO2. The van der Waals surface area contributed by atoms with Crippen LogP contribution in [0.2, 0.25) is 0 Å². The second kappa shape index (κ2) is 4.29. The molecule has 0 amide bonds. The average molecular weight is 211 g/mol. The minimum absolute atomic E-state index is 0.129. The van der Waals surface area contributed by atoms with Crippen LogP contribution >= 0.6 is 11.6 Å². The molecule has 1 aromatic carbocycles. The van der Waals surface area contributed by atoms with Gasteiger partial charge in [-0.2, -0.15) is 0 Å². The highest BCUT2D eigenvalue weighted by molar-refractivity contribution is 6.34. The number of aliphatic carboxylic acids is 1. The van der Waals surface area contributed by atoms with Crippen LogP contribution in [-0.4, -0.2) is 11.1 Å². The van der Waals surface area contributed by atoms with E-state index in [2.05, 4.69) is 0 Å². The highest BCUT2D eigenvalue weighted by atomic mass is 35.5. The summed E-state index contributed by atoms with van der Waals surface area (Å²) in [7, 11) is 0. The van der Waals surface area contributed by atoms with Crippen LogP contribution in [0.4, 0.5) is 0 Å². The molecule has 0 saturated carbocycles. The van der Waals surface area contributed by atoms with Gasteiger partial charge in [0, 0.05) is 5.54 Å². The minimum atomic E-state index is -1.01. The zero-order valence-electron chi connectivity index (χ0n) is 8.04. The zero-order valence-corrected chi connectivity index (χ0v) is 8.80. The number of carboxylic acids is 1. The van der Waals surface area contributed by atoms with Crippen LogP contribution in [0.1, 0.15) is 16.7 Å². The Kier molecular flexibility index (Phi) is 3.31. The van der Waals surface area contributed by atoms with Crippen molar-refractivity contribution in [2.75, 3.05) is 0 Å². The Bertz CT molecular complexity index is 394. The lowest BCUT2D eigenvalue weighted by Crippen LogP contribution is -2.00. The molecule has 0 atom stereocenters. The Hall–Kier alpha value is -1.28. The molecule has 0 aliphatic rings. The van der Waals surface area contributed by atoms with Crippen LogP contribution in [0.5, 0.6) is 0 Å². The van der Waals surface area contributed by atoms with Gasteiger partial charge in [0.1, 0.15) is 0 Å². The topological polar surface area (TPSA) is 37.3 Å². The number of carbonyl (C=O) groups is 1. The molecule has 3 heteroatoms. The lowest BCUT2D eigenvalue weighted by atomic mass is 10.00. The fraction of sp³-hybridized carbons (Fsp3) is 0.182. The molecule has 1 rings (SSSR count). The molecule has 0 fully saturated rings. The van der Waals surface area contributed by atoms with E-state index in [0.717, 1.165) is 16.7 Å². The van der Waals surface area contributed by atoms with Gasteiger partial charge >= 0.3 is 5.97 Å². The van der Waals surface area contributed by atoms with E-state index in [4.69, 9.17) is 16.7 Å². The second-order valence-corrected chi connectivity index (χ2v) is 3.36. The van der Waals surface area contributed by atoms with E-state index < -0.39 is 5.97 Å². The summed E-state index contributed by atoms with van der Waals surface area (Å²) in [5.74, 6) is -1.01. The van der Waals surface area contributed by atoms with Gasteiger partial charge in [0.25, 0.3) is 0 Å². The summed E-state index contributed by atoms with van der Waals surface area (Å²) in [6.07, 6.45) is 0. The van der Waals surface area contributed by atoms with E-state index in [1.807, 2.05) is 26.0 Å². The number of aryl methyl sites for hydroxylation is 2. The molecule has 1 aromatic rings. The van der Waals surface area contributed by atoms with Crippen LogP contribution in [0.25, 0.3) is 5.57 Å². The second-order valence-electron chi connectivity index (χ2n) is 3.15. The molecule has 14 heavy (non-hydrogen) atoms. The summed E-state index contributed by atoms with van der Waals surface area (Å²) >= 11 is 5.47. The summed E-state index contributed by atoms with van der Waals surface area (Å²) in [6, 6.07) is 5.57. The number of benzene rings is 1. The van der Waals surface area contributed by atoms with Crippen molar-refractivity contribution in [3.8, 4) is 0 Å². The molecule has 0 aliphatic carbocycles. The van der Waals surface area contributed by atoms with Crippen LogP contribution in [-0.2, 0) is 4.79 Å². The number of hydrogen-bond donors (Lipinski definition) is 1. The predicted molar refractivity (Wildman–Crippen MR) is 57.4 cm³/mol. The van der Waals surface area contributed by atoms with Crippen molar-refractivity contribution in [3.63, 3.8) is 0 Å². The van der Waals surface area contributed by atoms with E-state index in [1.54, 1.807) is 6.07 Å². The largest absolute Gasteiger partial charge is 0.478 e. The van der Waals surface area contributed by atoms with Crippen LogP contribution in [0.3, 0.4) is 0 Å². The highest BCUT2D eigenvalue weighted by Crippen LogP contribution is 2.20. The molecule has 2 nitrogen and oxygen atoms in total. The van der Waals surface area contributed by atoms with Crippen LogP contribution in [0.15, 0.2) is 23.7 Å². The normalized spacial score (nSPS) is 11.5. The Labute approximate surface area is 87.8 Å². The molecule has 74 valence electrons. The third kappa shape index (κ3) is 2.15. The maximum absolute atomic E-state index is 10.8. The molecule has 0 saturated heterocycles. The third-order valence-corrected chi connectivity index (χ3v) is 2.23. The molecule has 0 aliphatic heterocycles. The predicted octanol–water partition coefficient (Wildman–Crippen LogP) is 2.97. The lowest BCUT2D eigenvalue weighted by Gasteiger charge is -2.06. The molecule has 0 aromatic heterocycles. The van der Waals surface area contributed by atoms with Gasteiger partial charge in [-0.15, -0.1) is 0 Å². The number of carboxylic acid groups (broad SMARTS) is 1. The van der Waals surface area contributed by atoms with Gasteiger partial charge < -0.3 is 5.11 Å². The van der Waals surface area contributed by atoms with Crippen molar-refractivity contribution >= 4 is 23.1 Å². The summed E-state index contributed by atoms with van der Waals surface area (Å²) in [4.78, 5) is 10.8. The van der Waals surface area contributed by atoms with E-state index >= 15 is 0 Å². The fourth-order valence-corrected chi connectivity index (χ4v) is 1.55. The molecular weight excluding hydrogens is 200 g/mol. The van der Waals surface area contributed by atoms with Gasteiger partial charge in [-0.3, -0.25) is 0 Å². The van der Waals surface area contributed by atoms with Crippen LogP contribution in [0, 0.1) is 13.8 Å². The first-order valence-corrected chi connectivity index (χ1v) is 4.61. The van der Waals surface area contributed by atoms with E-state index in [-0.39, 0.29) is 5.57 Å². The zero-order chi connectivity index (χ0) is 10.7. The van der Waals surface area contributed by atoms with Crippen molar-refractivity contribution < 1.29 is 9.90 Å². The van der Waals surface area contributed by atoms with Gasteiger partial charge in [-0.25, -0.2) is 4.79 Å². The summed E-state index contributed by atoms with van der Waals surface area (Å²) in [6.45, 7) is 3.83. The van der Waals surface area contributed by atoms with Gasteiger partial charge in [-0.1, -0.05) is 35.4 Å². The standard InChI is InChI=1S/C11H11ClO2/c1-7-3-4-9(8(2)5-7)10(6-12)11(13)14/h3-6H,1-2H3,(H,13,14)/b10-6-. The first-order valence-electron chi connectivity index (χ1n) is 4.17. The molecule has 1 N–H and O–H groups in total. The van der Waals surface area contributed by atoms with Crippen molar-refractivity contribution in [2.24, 2.45) is 0 Å². The molecule has 0 radical (unpaired) electrons. The fourth-order valence-electron chi connectivity index (χ4n) is 1.34. The molecule has 0 spiro atoms. The summed E-state index contributed by atoms with van der Waals surface area (Å²) in [5.41, 5.74) is 3.91. The van der Waals surface area contributed by atoms with E-state index in [1.165, 1.54) is 0 Å². The summed E-state index contributed by atoms with van der Waals surface area (Å²) in [5, 5.41) is 8.87. The first-order chi connectivity index (χ1) is 6.56. The third-order valence-electron chi connectivity index (χ3n) is 2.01. The van der Waals surface area contributed by atoms with Gasteiger partial charge in [0.05, 0.1) is 5.57 Å². The van der Waals surface area contributed by atoms with Gasteiger partial charge in [0.2, 0.25) is 0 Å².